The van der Waals surface area contributed by atoms with Gasteiger partial charge in [0.05, 0.1) is 0 Å². The zero-order valence-electron chi connectivity index (χ0n) is 13.0. The molecule has 1 atom stereocenters. The first-order valence-corrected chi connectivity index (χ1v) is 7.98. The van der Waals surface area contributed by atoms with E-state index in [1.807, 2.05) is 12.1 Å². The van der Waals surface area contributed by atoms with Crippen LogP contribution in [0, 0.1) is 0 Å². The van der Waals surface area contributed by atoms with Crippen LogP contribution in [0.2, 0.25) is 0 Å². The number of hydrogen-bond donors (Lipinski definition) is 2. The Bertz CT molecular complexity index is 525. The second kappa shape index (κ2) is 6.16. The van der Waals surface area contributed by atoms with Crippen LogP contribution in [-0.2, 0) is 13.0 Å². The third kappa shape index (κ3) is 3.27. The first kappa shape index (κ1) is 14.5. The number of carbonyl (C=O) groups excluding carboxylic acids is 1. The third-order valence-electron chi connectivity index (χ3n) is 4.76. The quantitative estimate of drug-likeness (QED) is 0.863. The Hall–Kier alpha value is -1.39. The molecule has 0 spiro atoms. The number of rotatable bonds is 5. The van der Waals surface area contributed by atoms with E-state index in [4.69, 9.17) is 0 Å². The number of nitrogens with one attached hydrogen (secondary N) is 2. The molecule has 0 saturated heterocycles. The van der Waals surface area contributed by atoms with Crippen molar-refractivity contribution in [1.29, 1.82) is 0 Å². The summed E-state index contributed by atoms with van der Waals surface area (Å²) < 4.78 is 0. The lowest BCUT2D eigenvalue weighted by atomic mass is 9.95. The number of benzene rings is 1. The molecule has 0 radical (unpaired) electrons. The first-order valence-electron chi connectivity index (χ1n) is 7.98. The average molecular weight is 287 g/mol. The monoisotopic (exact) mass is 287 g/mol. The predicted octanol–water partition coefficient (Wildman–Crippen LogP) is 1.54. The fourth-order valence-corrected chi connectivity index (χ4v) is 3.07. The van der Waals surface area contributed by atoms with E-state index in [2.05, 4.69) is 35.6 Å². The Labute approximate surface area is 126 Å². The van der Waals surface area contributed by atoms with Crippen molar-refractivity contribution in [1.82, 2.24) is 15.5 Å². The second-order valence-corrected chi connectivity index (χ2v) is 6.33. The van der Waals surface area contributed by atoms with Crippen molar-refractivity contribution in [3.63, 3.8) is 0 Å². The highest BCUT2D eigenvalue weighted by molar-refractivity contribution is 5.96. The Morgan fingerprint density at radius 1 is 1.48 bits per heavy atom. The summed E-state index contributed by atoms with van der Waals surface area (Å²) >= 11 is 0. The SMILES string of the molecule is CC(CNC(=O)c1cccc2c1CCNC2)N(C)C1CC1. The molecule has 4 nitrogen and oxygen atoms in total. The molecule has 2 aliphatic rings. The molecular weight excluding hydrogens is 262 g/mol. The number of likely N-dealkylation sites (N-methyl/N-ethyl adjacent to an activating group) is 1. The van der Waals surface area contributed by atoms with Crippen molar-refractivity contribution in [2.75, 3.05) is 20.1 Å². The maximum atomic E-state index is 12.5. The normalized spacial score (nSPS) is 19.2. The summed E-state index contributed by atoms with van der Waals surface area (Å²) in [7, 11) is 2.16. The molecule has 1 amide bonds. The molecule has 1 aromatic rings. The van der Waals surface area contributed by atoms with E-state index in [0.29, 0.717) is 12.6 Å². The standard InChI is InChI=1S/C17H25N3O/c1-12(20(2)14-6-7-14)10-19-17(21)16-5-3-4-13-11-18-9-8-15(13)16/h3-5,12,14,18H,6-11H2,1-2H3,(H,19,21). The molecule has 1 fully saturated rings. The molecule has 0 aromatic heterocycles. The van der Waals surface area contributed by atoms with Crippen molar-refractivity contribution in [3.8, 4) is 0 Å². The van der Waals surface area contributed by atoms with Crippen LogP contribution in [-0.4, -0.2) is 43.0 Å². The number of carbonyl (C=O) groups is 1. The Kier molecular flexibility index (Phi) is 4.27. The van der Waals surface area contributed by atoms with E-state index in [-0.39, 0.29) is 5.91 Å². The summed E-state index contributed by atoms with van der Waals surface area (Å²) in [6.07, 6.45) is 3.54. The molecule has 1 aromatic carbocycles. The van der Waals surface area contributed by atoms with Gasteiger partial charge in [-0.3, -0.25) is 9.69 Å². The van der Waals surface area contributed by atoms with E-state index in [0.717, 1.165) is 31.1 Å². The lowest BCUT2D eigenvalue weighted by Crippen LogP contribution is -2.41. The molecule has 1 heterocycles. The van der Waals surface area contributed by atoms with Crippen LogP contribution in [0.25, 0.3) is 0 Å². The fraction of sp³-hybridized carbons (Fsp3) is 0.588. The molecule has 21 heavy (non-hydrogen) atoms. The van der Waals surface area contributed by atoms with Crippen LogP contribution in [0.5, 0.6) is 0 Å². The second-order valence-electron chi connectivity index (χ2n) is 6.33. The van der Waals surface area contributed by atoms with Crippen molar-refractivity contribution >= 4 is 5.91 Å². The predicted molar refractivity (Wildman–Crippen MR) is 84.4 cm³/mol. The van der Waals surface area contributed by atoms with Crippen LogP contribution in [0.1, 0.15) is 41.3 Å². The van der Waals surface area contributed by atoms with E-state index < -0.39 is 0 Å². The third-order valence-corrected chi connectivity index (χ3v) is 4.76. The van der Waals surface area contributed by atoms with Crippen LogP contribution < -0.4 is 10.6 Å². The van der Waals surface area contributed by atoms with Gasteiger partial charge in [0, 0.05) is 30.7 Å². The van der Waals surface area contributed by atoms with Gasteiger partial charge in [-0.1, -0.05) is 12.1 Å². The average Bonchev–Trinajstić information content (AvgIpc) is 3.35. The summed E-state index contributed by atoms with van der Waals surface area (Å²) in [5.41, 5.74) is 3.34. The van der Waals surface area contributed by atoms with E-state index in [1.165, 1.54) is 24.0 Å². The Morgan fingerprint density at radius 2 is 2.29 bits per heavy atom. The van der Waals surface area contributed by atoms with Gasteiger partial charge in [0.1, 0.15) is 0 Å². The molecular formula is C17H25N3O. The number of amides is 1. The van der Waals surface area contributed by atoms with Gasteiger partial charge in [0.25, 0.3) is 5.91 Å². The minimum atomic E-state index is 0.0739. The largest absolute Gasteiger partial charge is 0.350 e. The summed E-state index contributed by atoms with van der Waals surface area (Å²) in [5, 5.41) is 6.46. The maximum absolute atomic E-state index is 12.5. The van der Waals surface area contributed by atoms with Gasteiger partial charge in [-0.2, -0.15) is 0 Å². The highest BCUT2D eigenvalue weighted by Gasteiger charge is 2.29. The lowest BCUT2D eigenvalue weighted by Gasteiger charge is -2.25. The van der Waals surface area contributed by atoms with Crippen LogP contribution in [0.3, 0.4) is 0 Å². The van der Waals surface area contributed by atoms with Gasteiger partial charge < -0.3 is 10.6 Å². The molecule has 1 aliphatic heterocycles. The minimum absolute atomic E-state index is 0.0739. The maximum Gasteiger partial charge on any atom is 0.251 e. The van der Waals surface area contributed by atoms with Gasteiger partial charge in [-0.25, -0.2) is 0 Å². The van der Waals surface area contributed by atoms with Gasteiger partial charge >= 0.3 is 0 Å². The van der Waals surface area contributed by atoms with Crippen molar-refractivity contribution in [3.05, 3.63) is 34.9 Å². The number of fused-ring (bicyclic) bond motifs is 1. The Balaban J connectivity index is 1.62. The van der Waals surface area contributed by atoms with Gasteiger partial charge in [0.15, 0.2) is 0 Å². The van der Waals surface area contributed by atoms with Crippen molar-refractivity contribution < 1.29 is 4.79 Å². The fourth-order valence-electron chi connectivity index (χ4n) is 3.07. The number of nitrogens with zero attached hydrogens (tertiary/aromatic N) is 1. The van der Waals surface area contributed by atoms with Crippen molar-refractivity contribution in [2.24, 2.45) is 0 Å². The van der Waals surface area contributed by atoms with Crippen LogP contribution >= 0.6 is 0 Å². The molecule has 1 saturated carbocycles. The molecule has 114 valence electrons. The smallest absolute Gasteiger partial charge is 0.251 e. The topological polar surface area (TPSA) is 44.4 Å². The summed E-state index contributed by atoms with van der Waals surface area (Å²) in [6, 6.07) is 7.17. The summed E-state index contributed by atoms with van der Waals surface area (Å²) in [4.78, 5) is 14.9. The highest BCUT2D eigenvalue weighted by Crippen LogP contribution is 2.26. The first-order chi connectivity index (χ1) is 10.2. The molecule has 1 aliphatic carbocycles. The van der Waals surface area contributed by atoms with E-state index in [1.54, 1.807) is 0 Å². The zero-order chi connectivity index (χ0) is 14.8. The minimum Gasteiger partial charge on any atom is -0.350 e. The molecule has 0 bridgehead atoms. The van der Waals surface area contributed by atoms with E-state index >= 15 is 0 Å². The molecule has 3 rings (SSSR count). The summed E-state index contributed by atoms with van der Waals surface area (Å²) in [5.74, 6) is 0.0739. The van der Waals surface area contributed by atoms with Gasteiger partial charge in [-0.05, 0) is 57.0 Å². The molecule has 4 heteroatoms. The van der Waals surface area contributed by atoms with E-state index in [9.17, 15) is 4.79 Å². The molecule has 2 N–H and O–H groups in total. The molecule has 1 unspecified atom stereocenters. The zero-order valence-corrected chi connectivity index (χ0v) is 13.0. The van der Waals surface area contributed by atoms with Crippen LogP contribution in [0.4, 0.5) is 0 Å². The van der Waals surface area contributed by atoms with Gasteiger partial charge in [-0.15, -0.1) is 0 Å². The van der Waals surface area contributed by atoms with Crippen molar-refractivity contribution in [2.45, 2.75) is 44.8 Å². The summed E-state index contributed by atoms with van der Waals surface area (Å²) in [6.45, 7) is 4.73. The lowest BCUT2D eigenvalue weighted by molar-refractivity contribution is 0.0938. The number of hydrogen-bond acceptors (Lipinski definition) is 3. The van der Waals surface area contributed by atoms with Gasteiger partial charge in [0.2, 0.25) is 0 Å². The van der Waals surface area contributed by atoms with Crippen LogP contribution in [0.15, 0.2) is 18.2 Å². The highest BCUT2D eigenvalue weighted by atomic mass is 16.1. The Morgan fingerprint density at radius 3 is 3.05 bits per heavy atom.